The lowest BCUT2D eigenvalue weighted by Crippen LogP contribution is -2.36. The summed E-state index contributed by atoms with van der Waals surface area (Å²) >= 11 is 3.92. The number of hydrogen-bond donors (Lipinski definition) is 3. The van der Waals surface area contributed by atoms with Gasteiger partial charge in [-0.25, -0.2) is 0 Å². The Kier molecular flexibility index (Phi) is 6.36. The van der Waals surface area contributed by atoms with E-state index in [2.05, 4.69) is 17.9 Å². The first-order valence-electron chi connectivity index (χ1n) is 3.75. The first-order chi connectivity index (χ1) is 5.24. The van der Waals surface area contributed by atoms with E-state index in [1.54, 1.807) is 0 Å². The highest BCUT2D eigenvalue weighted by Crippen LogP contribution is 1.91. The highest BCUT2D eigenvalue weighted by Gasteiger charge is 2.06. The van der Waals surface area contributed by atoms with Crippen LogP contribution in [-0.2, 0) is 4.79 Å². The zero-order chi connectivity index (χ0) is 8.69. The van der Waals surface area contributed by atoms with Gasteiger partial charge in [0.1, 0.15) is 0 Å². The smallest absolute Gasteiger partial charge is 0.221 e. The molecule has 0 rings (SSSR count). The summed E-state index contributed by atoms with van der Waals surface area (Å²) in [4.78, 5) is 10.9. The summed E-state index contributed by atoms with van der Waals surface area (Å²) in [5.41, 5.74) is 0. The van der Waals surface area contributed by atoms with Crippen LogP contribution < -0.4 is 5.32 Å². The van der Waals surface area contributed by atoms with Crippen LogP contribution >= 0.6 is 12.6 Å². The largest absolute Gasteiger partial charge is 0.394 e. The molecule has 0 spiro atoms. The normalized spacial score (nSPS) is 12.6. The molecule has 0 aliphatic heterocycles. The predicted molar refractivity (Wildman–Crippen MR) is 47.8 cm³/mol. The minimum absolute atomic E-state index is 0.00874. The molecule has 0 bridgehead atoms. The van der Waals surface area contributed by atoms with E-state index in [0.717, 1.165) is 6.42 Å². The van der Waals surface area contributed by atoms with Crippen LogP contribution in [0.25, 0.3) is 0 Å². The average Bonchev–Trinajstić information content (AvgIpc) is 2.01. The standard InChI is InChI=1S/C7H15NO2S/c1-2-6(5-9)8-7(10)3-4-11/h6,9,11H,2-5H2,1H3,(H,8,10). The number of rotatable bonds is 5. The number of aliphatic hydroxyl groups excluding tert-OH is 1. The Morgan fingerprint density at radius 1 is 1.73 bits per heavy atom. The minimum Gasteiger partial charge on any atom is -0.394 e. The van der Waals surface area contributed by atoms with Gasteiger partial charge in [-0.3, -0.25) is 4.79 Å². The van der Waals surface area contributed by atoms with Gasteiger partial charge >= 0.3 is 0 Å². The van der Waals surface area contributed by atoms with Crippen LogP contribution in [0.4, 0.5) is 0 Å². The topological polar surface area (TPSA) is 49.3 Å². The summed E-state index contributed by atoms with van der Waals surface area (Å²) in [6.07, 6.45) is 1.18. The molecule has 0 aromatic heterocycles. The Morgan fingerprint density at radius 3 is 2.73 bits per heavy atom. The number of carbonyl (C=O) groups excluding carboxylic acids is 1. The minimum atomic E-state index is -0.0950. The number of hydrogen-bond acceptors (Lipinski definition) is 3. The molecule has 0 saturated heterocycles. The zero-order valence-electron chi connectivity index (χ0n) is 6.71. The molecular weight excluding hydrogens is 162 g/mol. The number of thiol groups is 1. The number of carbonyl (C=O) groups is 1. The van der Waals surface area contributed by atoms with Crippen LogP contribution in [-0.4, -0.2) is 29.4 Å². The molecule has 1 unspecified atom stereocenters. The van der Waals surface area contributed by atoms with Crippen LogP contribution in [0.1, 0.15) is 19.8 Å². The molecule has 1 amide bonds. The van der Waals surface area contributed by atoms with E-state index in [0.29, 0.717) is 12.2 Å². The molecule has 4 heteroatoms. The Hall–Kier alpha value is -0.220. The van der Waals surface area contributed by atoms with Gasteiger partial charge in [0, 0.05) is 6.42 Å². The van der Waals surface area contributed by atoms with Crippen LogP contribution in [0.5, 0.6) is 0 Å². The lowest BCUT2D eigenvalue weighted by atomic mass is 10.2. The summed E-state index contributed by atoms with van der Waals surface area (Å²) in [6, 6.07) is -0.0950. The summed E-state index contributed by atoms with van der Waals surface area (Å²) in [5.74, 6) is 0.508. The molecule has 3 nitrogen and oxygen atoms in total. The van der Waals surface area contributed by atoms with Crippen molar-refractivity contribution in [2.24, 2.45) is 0 Å². The lowest BCUT2D eigenvalue weighted by molar-refractivity contribution is -0.121. The third kappa shape index (κ3) is 5.09. The predicted octanol–water partition coefficient (Wildman–Crippen LogP) is 0.193. The van der Waals surface area contributed by atoms with Crippen molar-refractivity contribution in [1.29, 1.82) is 0 Å². The van der Waals surface area contributed by atoms with Crippen molar-refractivity contribution >= 4 is 18.5 Å². The molecule has 1 atom stereocenters. The van der Waals surface area contributed by atoms with Crippen molar-refractivity contribution in [3.05, 3.63) is 0 Å². The molecule has 66 valence electrons. The molecule has 0 aliphatic carbocycles. The maximum absolute atomic E-state index is 10.9. The fraction of sp³-hybridized carbons (Fsp3) is 0.857. The highest BCUT2D eigenvalue weighted by molar-refractivity contribution is 7.80. The van der Waals surface area contributed by atoms with Crippen molar-refractivity contribution in [2.75, 3.05) is 12.4 Å². The molecule has 0 aromatic carbocycles. The van der Waals surface area contributed by atoms with E-state index in [1.807, 2.05) is 6.92 Å². The number of amides is 1. The van der Waals surface area contributed by atoms with E-state index in [9.17, 15) is 4.79 Å². The third-order valence-electron chi connectivity index (χ3n) is 1.42. The van der Waals surface area contributed by atoms with Gasteiger partial charge in [-0.2, -0.15) is 12.6 Å². The number of aliphatic hydroxyl groups is 1. The van der Waals surface area contributed by atoms with Crippen LogP contribution in [0, 0.1) is 0 Å². The molecule has 2 N–H and O–H groups in total. The van der Waals surface area contributed by atoms with E-state index >= 15 is 0 Å². The van der Waals surface area contributed by atoms with E-state index in [1.165, 1.54) is 0 Å². The summed E-state index contributed by atoms with van der Waals surface area (Å²) in [5, 5.41) is 11.4. The second-order valence-corrected chi connectivity index (χ2v) is 2.78. The fourth-order valence-corrected chi connectivity index (χ4v) is 0.881. The Morgan fingerprint density at radius 2 is 2.36 bits per heavy atom. The Labute approximate surface area is 72.6 Å². The van der Waals surface area contributed by atoms with Gasteiger partial charge in [-0.1, -0.05) is 6.92 Å². The van der Waals surface area contributed by atoms with Gasteiger partial charge < -0.3 is 10.4 Å². The van der Waals surface area contributed by atoms with E-state index < -0.39 is 0 Å². The molecule has 0 aromatic rings. The van der Waals surface area contributed by atoms with Crippen molar-refractivity contribution in [1.82, 2.24) is 5.32 Å². The SMILES string of the molecule is CCC(CO)NC(=O)CCS. The third-order valence-corrected chi connectivity index (χ3v) is 1.64. The monoisotopic (exact) mass is 177 g/mol. The van der Waals surface area contributed by atoms with E-state index in [-0.39, 0.29) is 18.6 Å². The summed E-state index contributed by atoms with van der Waals surface area (Å²) in [7, 11) is 0. The second kappa shape index (κ2) is 6.49. The fourth-order valence-electron chi connectivity index (χ4n) is 0.678. The van der Waals surface area contributed by atoms with Crippen LogP contribution in [0.2, 0.25) is 0 Å². The van der Waals surface area contributed by atoms with Gasteiger partial charge in [-0.15, -0.1) is 0 Å². The van der Waals surface area contributed by atoms with E-state index in [4.69, 9.17) is 5.11 Å². The molecule has 0 aliphatic rings. The van der Waals surface area contributed by atoms with Crippen LogP contribution in [0.3, 0.4) is 0 Å². The van der Waals surface area contributed by atoms with Crippen LogP contribution in [0.15, 0.2) is 0 Å². The molecule has 0 saturated carbocycles. The first kappa shape index (κ1) is 10.8. The van der Waals surface area contributed by atoms with Gasteiger partial charge in [0.25, 0.3) is 0 Å². The number of nitrogens with one attached hydrogen (secondary N) is 1. The van der Waals surface area contributed by atoms with Crippen molar-refractivity contribution in [2.45, 2.75) is 25.8 Å². The average molecular weight is 177 g/mol. The lowest BCUT2D eigenvalue weighted by Gasteiger charge is -2.12. The van der Waals surface area contributed by atoms with Gasteiger partial charge in [0.15, 0.2) is 0 Å². The van der Waals surface area contributed by atoms with Crippen molar-refractivity contribution < 1.29 is 9.90 Å². The zero-order valence-corrected chi connectivity index (χ0v) is 7.60. The second-order valence-electron chi connectivity index (χ2n) is 2.33. The molecule has 11 heavy (non-hydrogen) atoms. The maximum atomic E-state index is 10.9. The highest BCUT2D eigenvalue weighted by atomic mass is 32.1. The van der Waals surface area contributed by atoms with Gasteiger partial charge in [-0.05, 0) is 12.2 Å². The maximum Gasteiger partial charge on any atom is 0.221 e. The first-order valence-corrected chi connectivity index (χ1v) is 4.38. The van der Waals surface area contributed by atoms with Gasteiger partial charge in [0.05, 0.1) is 12.6 Å². The quantitative estimate of drug-likeness (QED) is 0.525. The molecule has 0 radical (unpaired) electrons. The van der Waals surface area contributed by atoms with Crippen molar-refractivity contribution in [3.8, 4) is 0 Å². The summed E-state index contributed by atoms with van der Waals surface area (Å²) in [6.45, 7) is 1.93. The molecule has 0 heterocycles. The summed E-state index contributed by atoms with van der Waals surface area (Å²) < 4.78 is 0. The molecular formula is C7H15NO2S. The van der Waals surface area contributed by atoms with Crippen molar-refractivity contribution in [3.63, 3.8) is 0 Å². The molecule has 0 fully saturated rings. The van der Waals surface area contributed by atoms with Gasteiger partial charge in [0.2, 0.25) is 5.91 Å². The Bertz CT molecular complexity index is 115. The Balaban J connectivity index is 3.54.